The van der Waals surface area contributed by atoms with Crippen molar-refractivity contribution in [3.05, 3.63) is 42.5 Å². The Morgan fingerprint density at radius 1 is 1.08 bits per heavy atom. The molecule has 1 saturated heterocycles. The van der Waals surface area contributed by atoms with Crippen molar-refractivity contribution in [3.8, 4) is 0 Å². The maximum atomic E-state index is 12.8. The van der Waals surface area contributed by atoms with Gasteiger partial charge in [-0.05, 0) is 26.0 Å². The standard InChI is InChI=1S/C18H24N6O/c1-3-22(4-2)16-12-15(13-19-14-16)17(25)23-8-10-24(11-9-23)18-20-6-5-7-21-18/h5-7,12-14H,3-4,8-11H2,1-2H3. The highest BCUT2D eigenvalue weighted by atomic mass is 16.2. The van der Waals surface area contributed by atoms with Crippen molar-refractivity contribution in [1.82, 2.24) is 19.9 Å². The van der Waals surface area contributed by atoms with Gasteiger partial charge in [0.15, 0.2) is 0 Å². The van der Waals surface area contributed by atoms with Gasteiger partial charge in [-0.15, -0.1) is 0 Å². The molecule has 1 amide bonds. The number of pyridine rings is 1. The molecule has 7 nitrogen and oxygen atoms in total. The lowest BCUT2D eigenvalue weighted by Crippen LogP contribution is -2.49. The summed E-state index contributed by atoms with van der Waals surface area (Å²) in [6.07, 6.45) is 6.95. The smallest absolute Gasteiger partial charge is 0.255 e. The summed E-state index contributed by atoms with van der Waals surface area (Å²) in [7, 11) is 0. The Hall–Kier alpha value is -2.70. The van der Waals surface area contributed by atoms with Crippen molar-refractivity contribution in [2.75, 3.05) is 49.1 Å². The molecule has 7 heteroatoms. The summed E-state index contributed by atoms with van der Waals surface area (Å²) >= 11 is 0. The van der Waals surface area contributed by atoms with E-state index in [1.54, 1.807) is 24.7 Å². The third-order valence-corrected chi connectivity index (χ3v) is 4.50. The normalized spacial score (nSPS) is 14.5. The van der Waals surface area contributed by atoms with Gasteiger partial charge in [0.05, 0.1) is 17.4 Å². The second-order valence-corrected chi connectivity index (χ2v) is 5.93. The number of nitrogens with zero attached hydrogens (tertiary/aromatic N) is 6. The molecule has 1 aliphatic rings. The Labute approximate surface area is 148 Å². The molecule has 0 atom stereocenters. The van der Waals surface area contributed by atoms with Gasteiger partial charge < -0.3 is 14.7 Å². The maximum absolute atomic E-state index is 12.8. The summed E-state index contributed by atoms with van der Waals surface area (Å²) in [6.45, 7) is 8.78. The van der Waals surface area contributed by atoms with E-state index in [0.29, 0.717) is 18.7 Å². The molecule has 0 spiro atoms. The van der Waals surface area contributed by atoms with E-state index >= 15 is 0 Å². The fourth-order valence-corrected chi connectivity index (χ4v) is 3.05. The second-order valence-electron chi connectivity index (χ2n) is 5.93. The van der Waals surface area contributed by atoms with Crippen LogP contribution in [0.25, 0.3) is 0 Å². The highest BCUT2D eigenvalue weighted by molar-refractivity contribution is 5.95. The highest BCUT2D eigenvalue weighted by Gasteiger charge is 2.23. The van der Waals surface area contributed by atoms with E-state index in [2.05, 4.69) is 38.6 Å². The molecule has 1 fully saturated rings. The monoisotopic (exact) mass is 340 g/mol. The summed E-state index contributed by atoms with van der Waals surface area (Å²) in [5.74, 6) is 0.759. The Kier molecular flexibility index (Phi) is 5.42. The molecule has 0 bridgehead atoms. The molecule has 3 rings (SSSR count). The Bertz CT molecular complexity index is 696. The van der Waals surface area contributed by atoms with E-state index in [1.807, 2.05) is 17.2 Å². The topological polar surface area (TPSA) is 65.5 Å². The van der Waals surface area contributed by atoms with Crippen molar-refractivity contribution < 1.29 is 4.79 Å². The van der Waals surface area contributed by atoms with Crippen molar-refractivity contribution in [2.45, 2.75) is 13.8 Å². The lowest BCUT2D eigenvalue weighted by molar-refractivity contribution is 0.0746. The Morgan fingerprint density at radius 3 is 2.40 bits per heavy atom. The SMILES string of the molecule is CCN(CC)c1cncc(C(=O)N2CCN(c3ncccn3)CC2)c1. The molecule has 0 aliphatic carbocycles. The Morgan fingerprint density at radius 2 is 1.76 bits per heavy atom. The van der Waals surface area contributed by atoms with Gasteiger partial charge in [-0.1, -0.05) is 0 Å². The van der Waals surface area contributed by atoms with Crippen LogP contribution in [0.1, 0.15) is 24.2 Å². The molecule has 132 valence electrons. The lowest BCUT2D eigenvalue weighted by atomic mass is 10.2. The van der Waals surface area contributed by atoms with Crippen LogP contribution in [0.3, 0.4) is 0 Å². The number of hydrogen-bond acceptors (Lipinski definition) is 6. The van der Waals surface area contributed by atoms with Crippen LogP contribution in [0.15, 0.2) is 36.9 Å². The number of piperazine rings is 1. The summed E-state index contributed by atoms with van der Waals surface area (Å²) in [4.78, 5) is 31.8. The maximum Gasteiger partial charge on any atom is 0.255 e. The van der Waals surface area contributed by atoms with Gasteiger partial charge in [-0.3, -0.25) is 9.78 Å². The first kappa shape index (κ1) is 17.1. The zero-order valence-electron chi connectivity index (χ0n) is 14.8. The van der Waals surface area contributed by atoms with Crippen molar-refractivity contribution in [2.24, 2.45) is 0 Å². The van der Waals surface area contributed by atoms with Crippen LogP contribution < -0.4 is 9.80 Å². The predicted octanol–water partition coefficient (Wildman–Crippen LogP) is 1.68. The first-order valence-electron chi connectivity index (χ1n) is 8.74. The van der Waals surface area contributed by atoms with Crippen molar-refractivity contribution in [1.29, 1.82) is 0 Å². The van der Waals surface area contributed by atoms with E-state index in [1.165, 1.54) is 0 Å². The fraction of sp³-hybridized carbons (Fsp3) is 0.444. The molecule has 25 heavy (non-hydrogen) atoms. The highest BCUT2D eigenvalue weighted by Crippen LogP contribution is 2.17. The first-order valence-corrected chi connectivity index (χ1v) is 8.74. The minimum atomic E-state index is 0.0372. The van der Waals surface area contributed by atoms with Gasteiger partial charge in [0.1, 0.15) is 0 Å². The van der Waals surface area contributed by atoms with E-state index < -0.39 is 0 Å². The predicted molar refractivity (Wildman–Crippen MR) is 97.9 cm³/mol. The van der Waals surface area contributed by atoms with E-state index in [0.717, 1.165) is 37.8 Å². The van der Waals surface area contributed by atoms with Crippen LogP contribution in [0, 0.1) is 0 Å². The van der Waals surface area contributed by atoms with E-state index in [9.17, 15) is 4.79 Å². The van der Waals surface area contributed by atoms with Crippen LogP contribution in [0.5, 0.6) is 0 Å². The molecule has 2 aromatic rings. The summed E-state index contributed by atoms with van der Waals surface area (Å²) in [5.41, 5.74) is 1.64. The Balaban J connectivity index is 1.66. The number of amides is 1. The third-order valence-electron chi connectivity index (χ3n) is 4.50. The zero-order chi connectivity index (χ0) is 17.6. The van der Waals surface area contributed by atoms with Gasteiger partial charge in [0, 0.05) is 57.9 Å². The van der Waals surface area contributed by atoms with Gasteiger partial charge >= 0.3 is 0 Å². The molecule has 0 aromatic carbocycles. The van der Waals surface area contributed by atoms with Crippen LogP contribution in [0.2, 0.25) is 0 Å². The quantitative estimate of drug-likeness (QED) is 0.825. The van der Waals surface area contributed by atoms with Gasteiger partial charge in [0.25, 0.3) is 5.91 Å². The third kappa shape index (κ3) is 3.87. The minimum Gasteiger partial charge on any atom is -0.371 e. The molecule has 3 heterocycles. The lowest BCUT2D eigenvalue weighted by Gasteiger charge is -2.34. The summed E-state index contributed by atoms with van der Waals surface area (Å²) < 4.78 is 0. The summed E-state index contributed by atoms with van der Waals surface area (Å²) in [6, 6.07) is 3.74. The van der Waals surface area contributed by atoms with Crippen LogP contribution in [-0.2, 0) is 0 Å². The molecule has 1 aliphatic heterocycles. The fourth-order valence-electron chi connectivity index (χ4n) is 3.05. The molecule has 0 unspecified atom stereocenters. The van der Waals surface area contributed by atoms with Crippen molar-refractivity contribution in [3.63, 3.8) is 0 Å². The number of hydrogen-bond donors (Lipinski definition) is 0. The van der Waals surface area contributed by atoms with Crippen molar-refractivity contribution >= 4 is 17.5 Å². The van der Waals surface area contributed by atoms with Crippen LogP contribution >= 0.6 is 0 Å². The molecule has 0 radical (unpaired) electrons. The zero-order valence-corrected chi connectivity index (χ0v) is 14.8. The van der Waals surface area contributed by atoms with E-state index in [4.69, 9.17) is 0 Å². The van der Waals surface area contributed by atoms with E-state index in [-0.39, 0.29) is 5.91 Å². The molecular formula is C18H24N6O. The van der Waals surface area contributed by atoms with Crippen LogP contribution in [-0.4, -0.2) is 65.0 Å². The molecule has 2 aromatic heterocycles. The van der Waals surface area contributed by atoms with Gasteiger partial charge in [0.2, 0.25) is 5.95 Å². The second kappa shape index (κ2) is 7.92. The van der Waals surface area contributed by atoms with Gasteiger partial charge in [-0.2, -0.15) is 0 Å². The number of anilines is 2. The number of aromatic nitrogens is 3. The number of carbonyl (C=O) groups excluding carboxylic acids is 1. The number of rotatable bonds is 5. The molecular weight excluding hydrogens is 316 g/mol. The average Bonchev–Trinajstić information content (AvgIpc) is 2.69. The van der Waals surface area contributed by atoms with Crippen LogP contribution in [0.4, 0.5) is 11.6 Å². The van der Waals surface area contributed by atoms with Gasteiger partial charge in [-0.25, -0.2) is 9.97 Å². The summed E-state index contributed by atoms with van der Waals surface area (Å²) in [5, 5.41) is 0. The minimum absolute atomic E-state index is 0.0372. The number of carbonyl (C=O) groups is 1. The largest absolute Gasteiger partial charge is 0.371 e. The molecule has 0 N–H and O–H groups in total. The average molecular weight is 340 g/mol. The molecule has 0 saturated carbocycles. The first-order chi connectivity index (χ1) is 12.2.